The van der Waals surface area contributed by atoms with E-state index < -0.39 is 5.97 Å². The molecule has 38 heavy (non-hydrogen) atoms. The van der Waals surface area contributed by atoms with Gasteiger partial charge in [-0.15, -0.1) is 11.3 Å². The number of thiophene rings is 1. The molecule has 0 bridgehead atoms. The van der Waals surface area contributed by atoms with Crippen molar-refractivity contribution in [2.45, 2.75) is 45.1 Å². The summed E-state index contributed by atoms with van der Waals surface area (Å²) in [7, 11) is 0. The van der Waals surface area contributed by atoms with Crippen molar-refractivity contribution in [2.75, 3.05) is 23.0 Å². The lowest BCUT2D eigenvalue weighted by Crippen LogP contribution is -2.28. The molecular formula is C29H28N4O4S. The molecule has 1 unspecified atom stereocenters. The summed E-state index contributed by atoms with van der Waals surface area (Å²) < 4.78 is 0. The number of aliphatic imine (C=N–C) groups is 1. The molecule has 0 spiro atoms. The van der Waals surface area contributed by atoms with Crippen LogP contribution in [0.3, 0.4) is 0 Å². The summed E-state index contributed by atoms with van der Waals surface area (Å²) in [4.78, 5) is 32.1. The molecule has 3 heterocycles. The fourth-order valence-corrected chi connectivity index (χ4v) is 6.24. The van der Waals surface area contributed by atoms with Gasteiger partial charge < -0.3 is 15.1 Å². The number of fused-ring (bicyclic) bond motifs is 1. The predicted octanol–water partition coefficient (Wildman–Crippen LogP) is 5.10. The fraction of sp³-hybridized carbons (Fsp3) is 0.310. The lowest BCUT2D eigenvalue weighted by molar-refractivity contribution is -0.112. The zero-order valence-electron chi connectivity index (χ0n) is 21.4. The van der Waals surface area contributed by atoms with Gasteiger partial charge in [0.15, 0.2) is 0 Å². The highest BCUT2D eigenvalue weighted by Gasteiger charge is 2.38. The molecule has 1 aromatic heterocycles. The predicted molar refractivity (Wildman–Crippen MR) is 150 cm³/mol. The first-order valence-corrected chi connectivity index (χ1v) is 13.5. The van der Waals surface area contributed by atoms with Crippen LogP contribution in [0.5, 0.6) is 5.75 Å². The number of carbonyl (C=O) groups excluding carboxylic acids is 1. The number of nitrogens with zero attached hydrogens (tertiary/aromatic N) is 4. The van der Waals surface area contributed by atoms with Gasteiger partial charge in [-0.1, -0.05) is 26.0 Å². The van der Waals surface area contributed by atoms with Crippen LogP contribution in [-0.2, 0) is 16.6 Å². The Morgan fingerprint density at radius 1 is 1.21 bits per heavy atom. The number of phenols is 1. The summed E-state index contributed by atoms with van der Waals surface area (Å²) in [6.45, 7) is 7.38. The van der Waals surface area contributed by atoms with E-state index >= 15 is 0 Å². The SMILES string of the molecule is CC1=NN(c2ccc3c(c2)C(C)(C)CC3)C(=O)C1=NCC1CN1c1cccc(-c2ccc(C(=O)O)s2)c1O. The minimum atomic E-state index is -0.985. The van der Waals surface area contributed by atoms with Gasteiger partial charge in [-0.05, 0) is 72.7 Å². The van der Waals surface area contributed by atoms with Gasteiger partial charge in [-0.2, -0.15) is 10.1 Å². The molecule has 0 saturated carbocycles. The number of aryl methyl sites for hydroxylation is 1. The first kappa shape index (κ1) is 24.4. The number of rotatable bonds is 6. The van der Waals surface area contributed by atoms with E-state index in [2.05, 4.69) is 36.1 Å². The molecule has 3 aromatic rings. The number of hydrazone groups is 1. The van der Waals surface area contributed by atoms with Crippen LogP contribution >= 0.6 is 11.3 Å². The molecule has 1 saturated heterocycles. The van der Waals surface area contributed by atoms with Gasteiger partial charge in [0.25, 0.3) is 5.91 Å². The number of hydrogen-bond donors (Lipinski definition) is 2. The second-order valence-corrected chi connectivity index (χ2v) is 11.7. The van der Waals surface area contributed by atoms with Gasteiger partial charge in [0.1, 0.15) is 16.3 Å². The molecule has 1 aliphatic carbocycles. The Hall–Kier alpha value is -3.98. The minimum Gasteiger partial charge on any atom is -0.505 e. The largest absolute Gasteiger partial charge is 0.505 e. The van der Waals surface area contributed by atoms with Crippen LogP contribution in [0.2, 0.25) is 0 Å². The van der Waals surface area contributed by atoms with Crippen molar-refractivity contribution >= 4 is 46.0 Å². The Morgan fingerprint density at radius 2 is 2.03 bits per heavy atom. The van der Waals surface area contributed by atoms with Gasteiger partial charge in [0, 0.05) is 17.0 Å². The number of aromatic hydroxyl groups is 1. The first-order valence-electron chi connectivity index (χ1n) is 12.6. The molecule has 0 radical (unpaired) electrons. The summed E-state index contributed by atoms with van der Waals surface area (Å²) >= 11 is 1.13. The van der Waals surface area contributed by atoms with Crippen LogP contribution in [0.1, 0.15) is 48.0 Å². The third kappa shape index (κ3) is 4.07. The van der Waals surface area contributed by atoms with Gasteiger partial charge in [0.2, 0.25) is 0 Å². The Labute approximate surface area is 224 Å². The second kappa shape index (κ2) is 8.80. The standard InChI is InChI=1S/C29H28N4O4S/c1-16-25(27(35)33(31-16)18-8-7-17-11-12-29(2,3)21(17)13-18)30-14-19-15-32(19)22-6-4-5-20(26(22)34)23-9-10-24(38-23)28(36)37/h4-10,13,19,34H,11-12,14-15H2,1-3H3,(H,36,37). The third-order valence-electron chi connectivity index (χ3n) is 7.66. The highest BCUT2D eigenvalue weighted by molar-refractivity contribution is 7.17. The topological polar surface area (TPSA) is 106 Å². The van der Waals surface area contributed by atoms with E-state index in [9.17, 15) is 19.8 Å². The number of aromatic carboxylic acids is 1. The van der Waals surface area contributed by atoms with Crippen molar-refractivity contribution in [3.63, 3.8) is 0 Å². The van der Waals surface area contributed by atoms with E-state index in [1.807, 2.05) is 23.1 Å². The highest BCUT2D eigenvalue weighted by Crippen LogP contribution is 2.44. The summed E-state index contributed by atoms with van der Waals surface area (Å²) in [5, 5.41) is 26.1. The molecule has 8 nitrogen and oxygen atoms in total. The smallest absolute Gasteiger partial charge is 0.345 e. The maximum Gasteiger partial charge on any atom is 0.345 e. The lowest BCUT2D eigenvalue weighted by atomic mass is 9.86. The van der Waals surface area contributed by atoms with Crippen molar-refractivity contribution in [3.05, 3.63) is 64.5 Å². The fourth-order valence-electron chi connectivity index (χ4n) is 5.37. The molecule has 2 aliphatic heterocycles. The normalized spacial score (nSPS) is 20.7. The van der Waals surface area contributed by atoms with Gasteiger partial charge in [-0.3, -0.25) is 9.79 Å². The molecule has 194 valence electrons. The zero-order chi connectivity index (χ0) is 26.8. The van der Waals surface area contributed by atoms with E-state index in [1.54, 1.807) is 25.1 Å². The average molecular weight is 529 g/mol. The average Bonchev–Trinajstić information content (AvgIpc) is 3.20. The third-order valence-corrected chi connectivity index (χ3v) is 8.76. The minimum absolute atomic E-state index is 0.0528. The molecule has 1 fully saturated rings. The van der Waals surface area contributed by atoms with Crippen LogP contribution in [0.25, 0.3) is 10.4 Å². The number of carboxylic acid groups (broad SMARTS) is 1. The van der Waals surface area contributed by atoms with Gasteiger partial charge in [0.05, 0.1) is 29.7 Å². The summed E-state index contributed by atoms with van der Waals surface area (Å²) in [5.74, 6) is -1.09. The van der Waals surface area contributed by atoms with Gasteiger partial charge >= 0.3 is 5.97 Å². The zero-order valence-corrected chi connectivity index (χ0v) is 22.2. The van der Waals surface area contributed by atoms with Crippen molar-refractivity contribution in [1.82, 2.24) is 0 Å². The number of anilines is 2. The van der Waals surface area contributed by atoms with E-state index in [0.29, 0.717) is 40.6 Å². The first-order chi connectivity index (χ1) is 18.1. The van der Waals surface area contributed by atoms with E-state index in [0.717, 1.165) is 29.9 Å². The maximum atomic E-state index is 13.3. The number of para-hydroxylation sites is 1. The van der Waals surface area contributed by atoms with Gasteiger partial charge in [-0.25, -0.2) is 4.79 Å². The van der Waals surface area contributed by atoms with Crippen molar-refractivity contribution in [3.8, 4) is 16.2 Å². The van der Waals surface area contributed by atoms with Crippen LogP contribution in [-0.4, -0.2) is 52.6 Å². The van der Waals surface area contributed by atoms with Crippen LogP contribution < -0.4 is 9.91 Å². The molecule has 9 heteroatoms. The molecule has 1 amide bonds. The molecule has 1 atom stereocenters. The molecular weight excluding hydrogens is 500 g/mol. The molecule has 3 aliphatic rings. The molecule has 6 rings (SSSR count). The molecule has 2 N–H and O–H groups in total. The maximum absolute atomic E-state index is 13.3. The number of amides is 1. The number of carboxylic acids is 1. The van der Waals surface area contributed by atoms with Crippen molar-refractivity contribution in [2.24, 2.45) is 10.1 Å². The lowest BCUT2D eigenvalue weighted by Gasteiger charge is -2.21. The summed E-state index contributed by atoms with van der Waals surface area (Å²) in [6, 6.07) is 14.9. The Morgan fingerprint density at radius 3 is 2.79 bits per heavy atom. The van der Waals surface area contributed by atoms with Crippen LogP contribution in [0, 0.1) is 0 Å². The number of benzene rings is 2. The highest BCUT2D eigenvalue weighted by atomic mass is 32.1. The number of hydrogen-bond acceptors (Lipinski definition) is 7. The van der Waals surface area contributed by atoms with E-state index in [4.69, 9.17) is 0 Å². The van der Waals surface area contributed by atoms with Crippen LogP contribution in [0.4, 0.5) is 11.4 Å². The van der Waals surface area contributed by atoms with Crippen LogP contribution in [0.15, 0.2) is 58.6 Å². The Balaban J connectivity index is 1.17. The Kier molecular flexibility index (Phi) is 5.64. The quantitative estimate of drug-likeness (QED) is 0.434. The molecule has 2 aromatic carbocycles. The second-order valence-electron chi connectivity index (χ2n) is 10.7. The summed E-state index contributed by atoms with van der Waals surface area (Å²) in [6.07, 6.45) is 2.15. The Bertz CT molecular complexity index is 1550. The van der Waals surface area contributed by atoms with E-state index in [1.165, 1.54) is 16.1 Å². The monoisotopic (exact) mass is 528 g/mol. The summed E-state index contributed by atoms with van der Waals surface area (Å²) in [5.41, 5.74) is 5.70. The number of phenolic OH excluding ortho intramolecular Hbond substituents is 1. The van der Waals surface area contributed by atoms with Crippen molar-refractivity contribution < 1.29 is 19.8 Å². The van der Waals surface area contributed by atoms with Crippen molar-refractivity contribution in [1.29, 1.82) is 0 Å². The van der Waals surface area contributed by atoms with E-state index in [-0.39, 0.29) is 28.0 Å². The number of carbonyl (C=O) groups is 2.